The third-order valence-electron chi connectivity index (χ3n) is 4.07. The molecule has 5 nitrogen and oxygen atoms in total. The number of benzene rings is 2. The van der Waals surface area contributed by atoms with Crippen molar-refractivity contribution in [2.75, 3.05) is 20.3 Å². The van der Waals surface area contributed by atoms with Crippen molar-refractivity contribution in [1.29, 1.82) is 0 Å². The van der Waals surface area contributed by atoms with Gasteiger partial charge >= 0.3 is 0 Å². The Hall–Kier alpha value is -3.21. The van der Waals surface area contributed by atoms with Gasteiger partial charge in [0, 0.05) is 23.6 Å². The molecule has 134 valence electrons. The van der Waals surface area contributed by atoms with Crippen molar-refractivity contribution in [3.8, 4) is 17.2 Å². The van der Waals surface area contributed by atoms with Gasteiger partial charge in [0.15, 0.2) is 0 Å². The van der Waals surface area contributed by atoms with Gasteiger partial charge < -0.3 is 19.4 Å². The smallest absolute Gasteiger partial charge is 0.251 e. The number of hydrogen-bond acceptors (Lipinski definition) is 3. The lowest BCUT2D eigenvalue weighted by molar-refractivity contribution is 0.0947. The summed E-state index contributed by atoms with van der Waals surface area (Å²) < 4.78 is 12.7. The quantitative estimate of drug-likeness (QED) is 0.663. The number of methoxy groups -OCH3 is 1. The fourth-order valence-corrected chi connectivity index (χ4v) is 2.63. The van der Waals surface area contributed by atoms with Crippen molar-refractivity contribution in [3.05, 3.63) is 78.1 Å². The molecule has 2 aromatic carbocycles. The third-order valence-corrected chi connectivity index (χ3v) is 4.07. The summed E-state index contributed by atoms with van der Waals surface area (Å²) in [4.78, 5) is 12.4. The minimum atomic E-state index is -0.114. The Morgan fingerprint density at radius 2 is 1.73 bits per heavy atom. The number of nitrogens with one attached hydrogen (secondary N) is 1. The van der Waals surface area contributed by atoms with Crippen LogP contribution in [-0.4, -0.2) is 30.7 Å². The second kappa shape index (κ2) is 8.25. The normalized spacial score (nSPS) is 10.4. The summed E-state index contributed by atoms with van der Waals surface area (Å²) in [5.74, 6) is 1.41. The molecule has 0 atom stereocenters. The molecule has 3 rings (SSSR count). The Morgan fingerprint density at radius 3 is 2.42 bits per heavy atom. The maximum absolute atomic E-state index is 12.4. The van der Waals surface area contributed by atoms with Gasteiger partial charge in [0.25, 0.3) is 5.91 Å². The summed E-state index contributed by atoms with van der Waals surface area (Å²) in [6.07, 6.45) is 3.93. The van der Waals surface area contributed by atoms with Crippen LogP contribution >= 0.6 is 0 Å². The fraction of sp³-hybridized carbons (Fsp3) is 0.190. The standard InChI is InChI=1S/C21H22N2O3/c1-16-5-6-17(15-20(16)23-12-3-4-13-23)21(24)22-11-14-26-19-9-7-18(25-2)8-10-19/h3-10,12-13,15H,11,14H2,1-2H3,(H,22,24). The number of rotatable bonds is 7. The maximum atomic E-state index is 12.4. The van der Waals surface area contributed by atoms with E-state index in [9.17, 15) is 4.79 Å². The molecule has 26 heavy (non-hydrogen) atoms. The number of carbonyl (C=O) groups is 1. The largest absolute Gasteiger partial charge is 0.497 e. The first-order chi connectivity index (χ1) is 12.7. The van der Waals surface area contributed by atoms with Crippen LogP contribution < -0.4 is 14.8 Å². The molecule has 0 fully saturated rings. The zero-order valence-corrected chi connectivity index (χ0v) is 14.9. The van der Waals surface area contributed by atoms with Crippen molar-refractivity contribution >= 4 is 5.91 Å². The van der Waals surface area contributed by atoms with Gasteiger partial charge in [-0.2, -0.15) is 0 Å². The number of aromatic nitrogens is 1. The molecule has 0 aliphatic heterocycles. The van der Waals surface area contributed by atoms with Crippen LogP contribution in [-0.2, 0) is 0 Å². The second-order valence-electron chi connectivity index (χ2n) is 5.87. The number of amides is 1. The summed E-state index contributed by atoms with van der Waals surface area (Å²) in [6.45, 7) is 2.85. The van der Waals surface area contributed by atoms with E-state index in [1.54, 1.807) is 7.11 Å². The highest BCUT2D eigenvalue weighted by Gasteiger charge is 2.08. The zero-order chi connectivity index (χ0) is 18.4. The Labute approximate surface area is 153 Å². The molecule has 0 unspecified atom stereocenters. The Balaban J connectivity index is 1.54. The molecule has 0 bridgehead atoms. The molecule has 0 aliphatic carbocycles. The van der Waals surface area contributed by atoms with Crippen molar-refractivity contribution in [2.45, 2.75) is 6.92 Å². The Morgan fingerprint density at radius 1 is 1.04 bits per heavy atom. The van der Waals surface area contributed by atoms with Gasteiger partial charge in [-0.3, -0.25) is 4.79 Å². The SMILES string of the molecule is COc1ccc(OCCNC(=O)c2ccc(C)c(-n3cccc3)c2)cc1. The number of carbonyl (C=O) groups excluding carboxylic acids is 1. The molecule has 0 aliphatic rings. The van der Waals surface area contributed by atoms with Crippen LogP contribution in [0.1, 0.15) is 15.9 Å². The highest BCUT2D eigenvalue weighted by atomic mass is 16.5. The second-order valence-corrected chi connectivity index (χ2v) is 5.87. The summed E-state index contributed by atoms with van der Waals surface area (Å²) >= 11 is 0. The van der Waals surface area contributed by atoms with Crippen LogP contribution in [0.2, 0.25) is 0 Å². The third kappa shape index (κ3) is 4.25. The zero-order valence-electron chi connectivity index (χ0n) is 14.9. The first kappa shape index (κ1) is 17.6. The lowest BCUT2D eigenvalue weighted by Crippen LogP contribution is -2.28. The van der Waals surface area contributed by atoms with Crippen LogP contribution in [0.15, 0.2) is 67.0 Å². The van der Waals surface area contributed by atoms with E-state index in [-0.39, 0.29) is 5.91 Å². The van der Waals surface area contributed by atoms with E-state index in [1.807, 2.05) is 78.5 Å². The number of ether oxygens (including phenoxy) is 2. The van der Waals surface area contributed by atoms with E-state index in [0.717, 1.165) is 22.7 Å². The monoisotopic (exact) mass is 350 g/mol. The van der Waals surface area contributed by atoms with E-state index < -0.39 is 0 Å². The van der Waals surface area contributed by atoms with Crippen LogP contribution in [0.25, 0.3) is 5.69 Å². The molecule has 0 spiro atoms. The topological polar surface area (TPSA) is 52.5 Å². The summed E-state index contributed by atoms with van der Waals surface area (Å²) in [6, 6.07) is 17.0. The first-order valence-corrected chi connectivity index (χ1v) is 8.46. The van der Waals surface area contributed by atoms with E-state index in [4.69, 9.17) is 9.47 Å². The average Bonchev–Trinajstić information content (AvgIpc) is 3.20. The summed E-state index contributed by atoms with van der Waals surface area (Å²) in [5.41, 5.74) is 2.74. The van der Waals surface area contributed by atoms with Crippen molar-refractivity contribution < 1.29 is 14.3 Å². The molecule has 1 N–H and O–H groups in total. The van der Waals surface area contributed by atoms with E-state index in [2.05, 4.69) is 5.32 Å². The number of aryl methyl sites for hydroxylation is 1. The molecule has 0 radical (unpaired) electrons. The number of nitrogens with zero attached hydrogens (tertiary/aromatic N) is 1. The van der Waals surface area contributed by atoms with Crippen molar-refractivity contribution in [2.24, 2.45) is 0 Å². The summed E-state index contributed by atoms with van der Waals surface area (Å²) in [7, 11) is 1.62. The van der Waals surface area contributed by atoms with Crippen LogP contribution in [0, 0.1) is 6.92 Å². The summed E-state index contributed by atoms with van der Waals surface area (Å²) in [5, 5.41) is 2.89. The van der Waals surface area contributed by atoms with Crippen LogP contribution in [0.5, 0.6) is 11.5 Å². The molecule has 1 heterocycles. The maximum Gasteiger partial charge on any atom is 0.251 e. The lowest BCUT2D eigenvalue weighted by atomic mass is 10.1. The molecular weight excluding hydrogens is 328 g/mol. The van der Waals surface area contributed by atoms with Gasteiger partial charge in [0.05, 0.1) is 13.7 Å². The van der Waals surface area contributed by atoms with Crippen molar-refractivity contribution in [3.63, 3.8) is 0 Å². The molecule has 5 heteroatoms. The molecule has 1 amide bonds. The van der Waals surface area contributed by atoms with Crippen LogP contribution in [0.3, 0.4) is 0 Å². The van der Waals surface area contributed by atoms with Gasteiger partial charge in [-0.15, -0.1) is 0 Å². The minimum absolute atomic E-state index is 0.114. The minimum Gasteiger partial charge on any atom is -0.497 e. The average molecular weight is 350 g/mol. The van der Waals surface area contributed by atoms with E-state index in [1.165, 1.54) is 0 Å². The van der Waals surface area contributed by atoms with Gasteiger partial charge in [-0.25, -0.2) is 0 Å². The van der Waals surface area contributed by atoms with Crippen LogP contribution in [0.4, 0.5) is 0 Å². The van der Waals surface area contributed by atoms with E-state index >= 15 is 0 Å². The first-order valence-electron chi connectivity index (χ1n) is 8.46. The van der Waals surface area contributed by atoms with Crippen molar-refractivity contribution in [1.82, 2.24) is 9.88 Å². The molecule has 0 saturated carbocycles. The fourth-order valence-electron chi connectivity index (χ4n) is 2.63. The van der Waals surface area contributed by atoms with E-state index in [0.29, 0.717) is 18.7 Å². The predicted molar refractivity (Wildman–Crippen MR) is 101 cm³/mol. The number of hydrogen-bond donors (Lipinski definition) is 1. The molecule has 1 aromatic heterocycles. The van der Waals surface area contributed by atoms with Gasteiger partial charge in [0.2, 0.25) is 0 Å². The highest BCUT2D eigenvalue weighted by Crippen LogP contribution is 2.17. The highest BCUT2D eigenvalue weighted by molar-refractivity contribution is 5.94. The van der Waals surface area contributed by atoms with Gasteiger partial charge in [-0.1, -0.05) is 6.07 Å². The molecule has 0 saturated heterocycles. The Kier molecular flexibility index (Phi) is 5.59. The predicted octanol–water partition coefficient (Wildman–Crippen LogP) is 3.60. The molecule has 3 aromatic rings. The molecular formula is C21H22N2O3. The lowest BCUT2D eigenvalue weighted by Gasteiger charge is -2.11. The van der Waals surface area contributed by atoms with Gasteiger partial charge in [0.1, 0.15) is 18.1 Å². The van der Waals surface area contributed by atoms with Gasteiger partial charge in [-0.05, 0) is 61.0 Å². The Bertz CT molecular complexity index is 855.